The smallest absolute Gasteiger partial charge is 1.00 e. The number of rotatable bonds is 6. The molecule has 18 heteroatoms. The minimum Gasteiger partial charge on any atom is -1.00 e. The van der Waals surface area contributed by atoms with Gasteiger partial charge in [0.2, 0.25) is 0 Å². The van der Waals surface area contributed by atoms with Crippen molar-refractivity contribution in [1.29, 1.82) is 0 Å². The molecule has 1 rings (SSSR count). The average Bonchev–Trinajstić information content (AvgIpc) is 2.16. The van der Waals surface area contributed by atoms with Crippen LogP contribution >= 0.6 is 23.5 Å². The van der Waals surface area contributed by atoms with Crippen LogP contribution in [0, 0.1) is 0 Å². The van der Waals surface area contributed by atoms with Crippen LogP contribution in [0.1, 0.15) is 1.43 Å². The summed E-state index contributed by atoms with van der Waals surface area (Å²) < 4.78 is 43.7. The Bertz CT molecular complexity index is 733. The molecule has 0 aliphatic rings. The van der Waals surface area contributed by atoms with Gasteiger partial charge >= 0.3 is 58.7 Å². The van der Waals surface area contributed by atoms with Crippen molar-refractivity contribution in [2.75, 3.05) is 5.73 Å². The van der Waals surface area contributed by atoms with Gasteiger partial charge < -0.3 is 26.5 Å². The number of hydrogen-bond donors (Lipinski definition) is 5. The van der Waals surface area contributed by atoms with Gasteiger partial charge in [0.25, 0.3) is 0 Å². The first-order valence-electron chi connectivity index (χ1n) is 4.49. The van der Waals surface area contributed by atoms with Crippen molar-refractivity contribution in [3.05, 3.63) is 22.7 Å². The summed E-state index contributed by atoms with van der Waals surface area (Å²) in [6.07, 6.45) is 0.739. The Labute approximate surface area is 145 Å². The van der Waals surface area contributed by atoms with E-state index in [2.05, 4.69) is 18.2 Å². The molecule has 122 valence electrons. The van der Waals surface area contributed by atoms with Crippen LogP contribution in [-0.4, -0.2) is 29.3 Å². The molecule has 1 heterocycles. The summed E-state index contributed by atoms with van der Waals surface area (Å²) in [5.41, 5.74) is 3.86. The molecular weight excluding hydrogens is 382 g/mol. The van der Waals surface area contributed by atoms with Crippen molar-refractivity contribution < 1.29 is 77.5 Å². The maximum atomic E-state index is 11.3. The normalized spacial score (nSPS) is 16.9. The summed E-state index contributed by atoms with van der Waals surface area (Å²) in [5, 5.41) is 0. The van der Waals surface area contributed by atoms with Gasteiger partial charge in [-0.3, -0.25) is 4.89 Å². The number of nitrogens with zero attached hydrogens (tertiary/aromatic N) is 2. The zero-order valence-corrected chi connectivity index (χ0v) is 15.3. The van der Waals surface area contributed by atoms with Crippen molar-refractivity contribution in [1.82, 2.24) is 9.71 Å². The molecule has 2 atom stereocenters. The molecule has 0 radical (unpaired) electrons. The molecule has 0 amide bonds. The Morgan fingerprint density at radius 1 is 1.14 bits per heavy atom. The van der Waals surface area contributed by atoms with Gasteiger partial charge in [0.15, 0.2) is 0 Å². The summed E-state index contributed by atoms with van der Waals surface area (Å²) in [6.45, 7) is 0. The van der Waals surface area contributed by atoms with Gasteiger partial charge in [0.05, 0.1) is 6.20 Å². The zero-order chi connectivity index (χ0) is 16.5. The van der Waals surface area contributed by atoms with Crippen LogP contribution in [0.3, 0.4) is 0 Å². The van der Waals surface area contributed by atoms with Gasteiger partial charge in [-0.2, -0.15) is 13.6 Å². The average molecular weight is 391 g/mol. The maximum absolute atomic E-state index is 11.3. The van der Waals surface area contributed by atoms with Crippen LogP contribution in [0.5, 0.6) is 0 Å². The molecule has 0 fully saturated rings. The van der Waals surface area contributed by atoms with E-state index in [0.29, 0.717) is 0 Å². The monoisotopic (exact) mass is 391 g/mol. The zero-order valence-electron chi connectivity index (χ0n) is 11.6. The van der Waals surface area contributed by atoms with E-state index >= 15 is 0 Å². The largest absolute Gasteiger partial charge is 1.00 e. The molecule has 14 nitrogen and oxygen atoms in total. The minimum absolute atomic E-state index is 0. The number of hydrogen-bond acceptors (Lipinski definition) is 9. The van der Waals surface area contributed by atoms with E-state index in [9.17, 15) is 18.5 Å². The summed E-state index contributed by atoms with van der Waals surface area (Å²) in [6, 6.07) is 0.978. The molecule has 2 unspecified atom stereocenters. The fourth-order valence-electron chi connectivity index (χ4n) is 0.873. The predicted octanol–water partition coefficient (Wildman–Crippen LogP) is -4.30. The second kappa shape index (κ2) is 7.67. The number of aromatic nitrogens is 2. The first-order chi connectivity index (χ1) is 9.30. The Morgan fingerprint density at radius 2 is 1.68 bits per heavy atom. The molecule has 0 saturated heterocycles. The second-order valence-corrected chi connectivity index (χ2v) is 7.46. The van der Waals surface area contributed by atoms with Crippen LogP contribution in [0.15, 0.2) is 17.1 Å². The Kier molecular flexibility index (Phi) is 7.64. The summed E-state index contributed by atoms with van der Waals surface area (Å²) in [7, 11) is -16.6. The standard InChI is InChI=1S/C4H8N3O11P3.Na.H/c5-3-1-2-7(4(8)6-3)16-20(12,13)18-21(14,15)17-19(9,10)11;;/h1-2H,(H,12,13)(H,14,15)(H2,5,6,8)(H2,9,10,11);;/q;+1;-1. The molecule has 0 spiro atoms. The Hall–Kier alpha value is -0.0700. The third kappa shape index (κ3) is 7.97. The summed E-state index contributed by atoms with van der Waals surface area (Å²) in [5.74, 6) is -0.244. The van der Waals surface area contributed by atoms with E-state index in [1.54, 1.807) is 0 Å². The van der Waals surface area contributed by atoms with Crippen molar-refractivity contribution >= 4 is 29.3 Å². The maximum Gasteiger partial charge on any atom is 1.00 e. The number of anilines is 1. The Morgan fingerprint density at radius 3 is 2.14 bits per heavy atom. The van der Waals surface area contributed by atoms with E-state index in [1.165, 1.54) is 0 Å². The van der Waals surface area contributed by atoms with E-state index in [4.69, 9.17) is 25.3 Å². The molecule has 0 aromatic carbocycles. The van der Waals surface area contributed by atoms with Crippen LogP contribution in [0.25, 0.3) is 0 Å². The molecule has 0 aliphatic carbocycles. The van der Waals surface area contributed by atoms with E-state index in [-0.39, 0.29) is 41.5 Å². The molecule has 22 heavy (non-hydrogen) atoms. The molecule has 1 aromatic heterocycles. The van der Waals surface area contributed by atoms with Gasteiger partial charge in [0, 0.05) is 6.07 Å². The van der Waals surface area contributed by atoms with E-state index in [1.807, 2.05) is 0 Å². The van der Waals surface area contributed by atoms with Crippen molar-refractivity contribution in [2.45, 2.75) is 0 Å². The first-order valence-corrected chi connectivity index (χ1v) is 9.01. The van der Waals surface area contributed by atoms with Crippen LogP contribution in [0.4, 0.5) is 5.82 Å². The molecule has 6 N–H and O–H groups in total. The number of nitrogen functional groups attached to an aromatic ring is 1. The van der Waals surface area contributed by atoms with Crippen molar-refractivity contribution in [3.8, 4) is 0 Å². The number of nitrogens with two attached hydrogens (primary N) is 1. The SMILES string of the molecule is Nc1ccn(OP(=O)(O)OP(=O)(O)OP(=O)(O)O)c(=O)n1.[H-].[Na+]. The molecular formula is C4H9N3NaO11P3. The topological polar surface area (TPSA) is 221 Å². The third-order valence-electron chi connectivity index (χ3n) is 1.40. The van der Waals surface area contributed by atoms with Crippen LogP contribution < -0.4 is 45.6 Å². The van der Waals surface area contributed by atoms with Gasteiger partial charge in [-0.05, 0) is 0 Å². The quantitative estimate of drug-likeness (QED) is 0.229. The predicted molar refractivity (Wildman–Crippen MR) is 64.5 cm³/mol. The van der Waals surface area contributed by atoms with Crippen LogP contribution in [-0.2, 0) is 22.3 Å². The van der Waals surface area contributed by atoms with Gasteiger partial charge in [-0.25, -0.2) is 18.5 Å². The van der Waals surface area contributed by atoms with Gasteiger partial charge in [-0.1, -0.05) is 0 Å². The van der Waals surface area contributed by atoms with Crippen molar-refractivity contribution in [2.24, 2.45) is 0 Å². The van der Waals surface area contributed by atoms with Crippen molar-refractivity contribution in [3.63, 3.8) is 0 Å². The van der Waals surface area contributed by atoms with Gasteiger partial charge in [0.1, 0.15) is 5.82 Å². The fraction of sp³-hybridized carbons (Fsp3) is 0. The minimum atomic E-state index is -5.66. The second-order valence-electron chi connectivity index (χ2n) is 3.13. The summed E-state index contributed by atoms with van der Waals surface area (Å²) in [4.78, 5) is 48.9. The van der Waals surface area contributed by atoms with E-state index in [0.717, 1.165) is 12.3 Å². The van der Waals surface area contributed by atoms with E-state index < -0.39 is 29.2 Å². The number of phosphoric acid groups is 3. The molecule has 0 bridgehead atoms. The molecule has 0 aliphatic heterocycles. The first kappa shape index (κ1) is 21.9. The summed E-state index contributed by atoms with van der Waals surface area (Å²) >= 11 is 0. The fourth-order valence-corrected chi connectivity index (χ4v) is 3.84. The molecule has 1 aromatic rings. The van der Waals surface area contributed by atoms with Crippen LogP contribution in [0.2, 0.25) is 0 Å². The van der Waals surface area contributed by atoms with Gasteiger partial charge in [-0.15, -0.1) is 4.73 Å². The Balaban J connectivity index is 0. The third-order valence-corrected chi connectivity index (χ3v) is 5.11. The molecule has 0 saturated carbocycles.